The van der Waals surface area contributed by atoms with Crippen molar-refractivity contribution < 1.29 is 22.7 Å². The van der Waals surface area contributed by atoms with E-state index in [1.54, 1.807) is 12.1 Å². The van der Waals surface area contributed by atoms with Crippen LogP contribution < -0.4 is 10.2 Å². The van der Waals surface area contributed by atoms with Crippen LogP contribution in [0.1, 0.15) is 27.0 Å². The van der Waals surface area contributed by atoms with Crippen LogP contribution in [-0.2, 0) is 12.8 Å². The number of nitrogens with one attached hydrogen (secondary N) is 1. The molecule has 8 heteroatoms. The topological polar surface area (TPSA) is 50.7 Å². The molecule has 0 aromatic heterocycles. The highest BCUT2D eigenvalue weighted by Crippen LogP contribution is 2.29. The second-order valence-electron chi connectivity index (χ2n) is 7.44. The van der Waals surface area contributed by atoms with Crippen LogP contribution in [0, 0.1) is 3.57 Å². The Morgan fingerprint density at radius 1 is 0.941 bits per heavy atom. The van der Waals surface area contributed by atoms with Gasteiger partial charge in [-0.15, -0.1) is 0 Å². The molecule has 172 valence electrons. The molecule has 0 bridgehead atoms. The maximum atomic E-state index is 12.8. The van der Waals surface area contributed by atoms with E-state index in [9.17, 15) is 18.0 Å². The van der Waals surface area contributed by atoms with E-state index in [0.717, 1.165) is 26.7 Å². The van der Waals surface area contributed by atoms with Crippen LogP contribution in [0.3, 0.4) is 0 Å². The Bertz CT molecular complexity index is 1370. The first-order valence-corrected chi connectivity index (χ1v) is 11.3. The highest BCUT2D eigenvalue weighted by molar-refractivity contribution is 14.1. The van der Waals surface area contributed by atoms with Crippen LogP contribution in [0.2, 0.25) is 0 Å². The zero-order valence-corrected chi connectivity index (χ0v) is 19.8. The summed E-state index contributed by atoms with van der Waals surface area (Å²) >= 11 is 2.15. The first-order valence-electron chi connectivity index (χ1n) is 10.2. The van der Waals surface area contributed by atoms with E-state index in [0.29, 0.717) is 17.9 Å². The number of fused-ring (bicyclic) bond motifs is 1. The van der Waals surface area contributed by atoms with Crippen molar-refractivity contribution in [1.82, 2.24) is 5.43 Å². The van der Waals surface area contributed by atoms with Gasteiger partial charge in [0.25, 0.3) is 5.91 Å². The first-order chi connectivity index (χ1) is 16.3. The van der Waals surface area contributed by atoms with Gasteiger partial charge in [0.05, 0.1) is 15.3 Å². The van der Waals surface area contributed by atoms with E-state index in [1.807, 2.05) is 24.3 Å². The average Bonchev–Trinajstić information content (AvgIpc) is 2.83. The van der Waals surface area contributed by atoms with E-state index in [-0.39, 0.29) is 5.56 Å². The Balaban J connectivity index is 1.36. The maximum absolute atomic E-state index is 12.8. The second kappa shape index (κ2) is 10.3. The molecule has 0 unspecified atom stereocenters. The molecule has 4 aromatic rings. The number of carbonyl (C=O) groups is 1. The van der Waals surface area contributed by atoms with Gasteiger partial charge >= 0.3 is 6.18 Å². The number of benzene rings is 4. The molecule has 0 atom stereocenters. The van der Waals surface area contributed by atoms with Gasteiger partial charge in [-0.05, 0) is 87.0 Å². The average molecular weight is 574 g/mol. The van der Waals surface area contributed by atoms with Gasteiger partial charge in [-0.1, -0.05) is 42.5 Å². The maximum Gasteiger partial charge on any atom is 0.416 e. The molecule has 0 spiro atoms. The summed E-state index contributed by atoms with van der Waals surface area (Å²) in [7, 11) is 0. The largest absolute Gasteiger partial charge is 0.488 e. The number of ether oxygens (including phenoxy) is 1. The fourth-order valence-corrected chi connectivity index (χ4v) is 3.97. The second-order valence-corrected chi connectivity index (χ2v) is 8.60. The molecule has 4 nitrogen and oxygen atoms in total. The van der Waals surface area contributed by atoms with Gasteiger partial charge in [-0.25, -0.2) is 5.43 Å². The highest BCUT2D eigenvalue weighted by atomic mass is 127. The molecule has 0 aliphatic heterocycles. The zero-order chi connectivity index (χ0) is 24.1. The quantitative estimate of drug-likeness (QED) is 0.156. The zero-order valence-electron chi connectivity index (χ0n) is 17.6. The van der Waals surface area contributed by atoms with E-state index in [2.05, 4.69) is 57.4 Å². The Hall–Kier alpha value is -3.40. The summed E-state index contributed by atoms with van der Waals surface area (Å²) in [5.41, 5.74) is 2.99. The summed E-state index contributed by atoms with van der Waals surface area (Å²) in [5.74, 6) is -0.0219. The molecule has 34 heavy (non-hydrogen) atoms. The number of alkyl halides is 3. The summed E-state index contributed by atoms with van der Waals surface area (Å²) in [5, 5.41) is 6.17. The number of halogens is 4. The van der Waals surface area contributed by atoms with Crippen LogP contribution in [0.25, 0.3) is 10.8 Å². The molecule has 0 aliphatic carbocycles. The van der Waals surface area contributed by atoms with Crippen molar-refractivity contribution in [3.05, 3.63) is 111 Å². The van der Waals surface area contributed by atoms with Crippen molar-refractivity contribution in [3.8, 4) is 5.75 Å². The molecule has 0 aliphatic rings. The number of hydrogen-bond donors (Lipinski definition) is 1. The summed E-state index contributed by atoms with van der Waals surface area (Å²) < 4.78 is 45.3. The van der Waals surface area contributed by atoms with Gasteiger partial charge < -0.3 is 4.74 Å². The van der Waals surface area contributed by atoms with Crippen LogP contribution in [0.15, 0.2) is 90.0 Å². The number of amides is 1. The lowest BCUT2D eigenvalue weighted by Crippen LogP contribution is -2.18. The summed E-state index contributed by atoms with van der Waals surface area (Å²) in [6.45, 7) is 0.418. The normalized spacial score (nSPS) is 11.6. The Kier molecular flexibility index (Phi) is 7.16. The minimum atomic E-state index is -4.52. The lowest BCUT2D eigenvalue weighted by atomic mass is 10.1. The van der Waals surface area contributed by atoms with E-state index < -0.39 is 17.6 Å². The third-order valence-electron chi connectivity index (χ3n) is 5.00. The number of hydrazone groups is 1. The molecule has 0 saturated carbocycles. The van der Waals surface area contributed by atoms with Crippen molar-refractivity contribution in [2.24, 2.45) is 5.10 Å². The molecule has 4 rings (SSSR count). The van der Waals surface area contributed by atoms with Crippen molar-refractivity contribution in [1.29, 1.82) is 0 Å². The highest BCUT2D eigenvalue weighted by Gasteiger charge is 2.30. The number of carbonyl (C=O) groups excluding carboxylic acids is 1. The van der Waals surface area contributed by atoms with Crippen LogP contribution in [0.4, 0.5) is 13.2 Å². The van der Waals surface area contributed by atoms with Gasteiger partial charge in [-0.2, -0.15) is 18.3 Å². The Labute approximate surface area is 207 Å². The van der Waals surface area contributed by atoms with Crippen molar-refractivity contribution in [3.63, 3.8) is 0 Å². The Morgan fingerprint density at radius 2 is 1.74 bits per heavy atom. The molecular weight excluding hydrogens is 556 g/mol. The molecule has 1 amide bonds. The van der Waals surface area contributed by atoms with E-state index >= 15 is 0 Å². The fraction of sp³-hybridized carbons (Fsp3) is 0.0769. The van der Waals surface area contributed by atoms with Crippen LogP contribution >= 0.6 is 22.6 Å². The van der Waals surface area contributed by atoms with E-state index in [1.165, 1.54) is 23.7 Å². The molecule has 1 N–H and O–H groups in total. The Morgan fingerprint density at radius 3 is 2.50 bits per heavy atom. The minimum absolute atomic E-state index is 0.126. The third-order valence-corrected chi connectivity index (χ3v) is 5.84. The fourth-order valence-electron chi connectivity index (χ4n) is 3.27. The number of nitrogens with zero attached hydrogens (tertiary/aromatic N) is 1. The van der Waals surface area contributed by atoms with Gasteiger partial charge in [0, 0.05) is 5.56 Å². The lowest BCUT2D eigenvalue weighted by molar-refractivity contribution is -0.137. The van der Waals surface area contributed by atoms with Crippen molar-refractivity contribution in [2.45, 2.75) is 12.8 Å². The lowest BCUT2D eigenvalue weighted by Gasteiger charge is -2.10. The predicted molar refractivity (Wildman–Crippen MR) is 134 cm³/mol. The molecule has 0 radical (unpaired) electrons. The molecule has 0 heterocycles. The van der Waals surface area contributed by atoms with Gasteiger partial charge in [0.15, 0.2) is 0 Å². The van der Waals surface area contributed by atoms with Crippen LogP contribution in [0.5, 0.6) is 5.75 Å². The smallest absolute Gasteiger partial charge is 0.416 e. The van der Waals surface area contributed by atoms with Crippen molar-refractivity contribution in [2.75, 3.05) is 0 Å². The van der Waals surface area contributed by atoms with E-state index in [4.69, 9.17) is 4.74 Å². The van der Waals surface area contributed by atoms with Gasteiger partial charge in [-0.3, -0.25) is 4.79 Å². The number of rotatable bonds is 6. The monoisotopic (exact) mass is 574 g/mol. The van der Waals surface area contributed by atoms with Crippen LogP contribution in [-0.4, -0.2) is 12.1 Å². The first kappa shape index (κ1) is 23.7. The molecule has 0 fully saturated rings. The SMILES string of the molecule is O=C(N/N=C\c1ccc(OCc2ccc3ccccc3c2)c(I)c1)c1cccc(C(F)(F)F)c1. The minimum Gasteiger partial charge on any atom is -0.488 e. The summed E-state index contributed by atoms with van der Waals surface area (Å²) in [6, 6.07) is 23.9. The molecule has 0 saturated heterocycles. The summed E-state index contributed by atoms with van der Waals surface area (Å²) in [4.78, 5) is 12.1. The third kappa shape index (κ3) is 5.93. The van der Waals surface area contributed by atoms with Gasteiger partial charge in [0.1, 0.15) is 12.4 Å². The van der Waals surface area contributed by atoms with Gasteiger partial charge in [0.2, 0.25) is 0 Å². The van der Waals surface area contributed by atoms with Crippen molar-refractivity contribution >= 4 is 45.5 Å². The number of hydrogen-bond acceptors (Lipinski definition) is 3. The summed E-state index contributed by atoms with van der Waals surface area (Å²) in [6.07, 6.45) is -3.10. The molecule has 4 aromatic carbocycles. The predicted octanol–water partition coefficient (Wildman–Crippen LogP) is 6.81. The standard InChI is InChI=1S/C26H18F3IN2O2/c27-26(28,29)22-7-3-6-21(14-22)25(33)32-31-15-17-9-11-24(23(30)13-17)34-16-18-8-10-19-4-1-2-5-20(19)12-18/h1-15H,16H2,(H,32,33)/b31-15-. The molecular formula is C26H18F3IN2O2.